The number of unbranched alkanes of at least 4 members (excludes halogenated alkanes) is 1. The number of aliphatic carboxylic acids is 1. The summed E-state index contributed by atoms with van der Waals surface area (Å²) < 4.78 is 0. The fraction of sp³-hybridized carbons (Fsp3) is 0.929. The molecule has 0 aromatic heterocycles. The van der Waals surface area contributed by atoms with E-state index in [1.54, 1.807) is 14.0 Å². The van der Waals surface area contributed by atoms with Gasteiger partial charge in [0.2, 0.25) is 0 Å². The maximum Gasteiger partial charge on any atom is 0.323 e. The number of likely N-dealkylation sites (tertiary alicyclic amines) is 1. The van der Waals surface area contributed by atoms with Gasteiger partial charge in [0.15, 0.2) is 0 Å². The predicted molar refractivity (Wildman–Crippen MR) is 77.5 cm³/mol. The highest BCUT2D eigenvalue weighted by atomic mass is 16.4. The molecule has 1 aliphatic rings. The molecule has 1 fully saturated rings. The number of likely N-dealkylation sites (N-methyl/N-ethyl adjacent to an activating group) is 2. The number of carbonyl (C=O) groups is 1. The molecule has 5 heteroatoms. The minimum Gasteiger partial charge on any atom is -0.480 e. The van der Waals surface area contributed by atoms with Crippen molar-refractivity contribution in [2.24, 2.45) is 0 Å². The lowest BCUT2D eigenvalue weighted by molar-refractivity contribution is -0.144. The van der Waals surface area contributed by atoms with Crippen molar-refractivity contribution >= 4 is 5.97 Å². The first-order valence-corrected chi connectivity index (χ1v) is 7.20. The zero-order valence-corrected chi connectivity index (χ0v) is 12.8. The van der Waals surface area contributed by atoms with Crippen LogP contribution in [0.4, 0.5) is 0 Å². The van der Waals surface area contributed by atoms with Crippen LogP contribution < -0.4 is 5.32 Å². The van der Waals surface area contributed by atoms with Crippen LogP contribution in [0.2, 0.25) is 0 Å². The second-order valence-corrected chi connectivity index (χ2v) is 6.05. The summed E-state index contributed by atoms with van der Waals surface area (Å²) in [6.07, 6.45) is 3.96. The van der Waals surface area contributed by atoms with Crippen molar-refractivity contribution in [3.63, 3.8) is 0 Å². The fourth-order valence-corrected chi connectivity index (χ4v) is 2.59. The van der Waals surface area contributed by atoms with Gasteiger partial charge in [-0.3, -0.25) is 4.79 Å². The second kappa shape index (κ2) is 7.22. The molecule has 5 nitrogen and oxygen atoms in total. The molecule has 2 atom stereocenters. The number of carboxylic acids is 1. The molecule has 0 aromatic rings. The van der Waals surface area contributed by atoms with Gasteiger partial charge in [0, 0.05) is 12.6 Å². The van der Waals surface area contributed by atoms with Gasteiger partial charge < -0.3 is 20.2 Å². The van der Waals surface area contributed by atoms with Gasteiger partial charge in [0.25, 0.3) is 0 Å². The van der Waals surface area contributed by atoms with Crippen LogP contribution in [0.25, 0.3) is 0 Å². The van der Waals surface area contributed by atoms with E-state index in [2.05, 4.69) is 29.2 Å². The zero-order chi connectivity index (χ0) is 14.5. The van der Waals surface area contributed by atoms with Crippen molar-refractivity contribution in [1.82, 2.24) is 15.1 Å². The highest BCUT2D eigenvalue weighted by Gasteiger charge is 2.30. The highest BCUT2D eigenvalue weighted by molar-refractivity contribution is 5.78. The first kappa shape index (κ1) is 16.4. The summed E-state index contributed by atoms with van der Waals surface area (Å²) in [6.45, 7) is 5.16. The lowest BCUT2D eigenvalue weighted by atomic mass is 9.95. The molecule has 1 saturated heterocycles. The molecule has 2 unspecified atom stereocenters. The van der Waals surface area contributed by atoms with E-state index in [1.807, 2.05) is 0 Å². The number of carboxylic acid groups (broad SMARTS) is 1. The molecule has 1 aliphatic heterocycles. The Morgan fingerprint density at radius 1 is 1.47 bits per heavy atom. The number of hydrogen-bond acceptors (Lipinski definition) is 4. The van der Waals surface area contributed by atoms with Crippen molar-refractivity contribution < 1.29 is 9.90 Å². The number of nitrogens with one attached hydrogen (secondary N) is 1. The maximum absolute atomic E-state index is 11.1. The quantitative estimate of drug-likeness (QED) is 0.641. The average molecular weight is 271 g/mol. The predicted octanol–water partition coefficient (Wildman–Crippen LogP) is 0.855. The van der Waals surface area contributed by atoms with Crippen LogP contribution in [0.5, 0.6) is 0 Å². The van der Waals surface area contributed by atoms with E-state index in [9.17, 15) is 4.79 Å². The smallest absolute Gasteiger partial charge is 0.323 e. The van der Waals surface area contributed by atoms with Crippen molar-refractivity contribution in [3.8, 4) is 0 Å². The number of rotatable bonds is 8. The molecule has 0 amide bonds. The van der Waals surface area contributed by atoms with Gasteiger partial charge in [0.05, 0.1) is 0 Å². The molecule has 1 heterocycles. The molecule has 19 heavy (non-hydrogen) atoms. The van der Waals surface area contributed by atoms with Crippen LogP contribution in [0.3, 0.4) is 0 Å². The maximum atomic E-state index is 11.1. The summed E-state index contributed by atoms with van der Waals surface area (Å²) in [5.41, 5.74) is -0.781. The Morgan fingerprint density at radius 3 is 2.63 bits per heavy atom. The van der Waals surface area contributed by atoms with E-state index in [1.165, 1.54) is 13.0 Å². The largest absolute Gasteiger partial charge is 0.480 e. The standard InChI is InChI=1S/C14H29N3O2/c1-14(15-2,13(18)19)8-5-6-9-17-10-7-12(11-17)16(3)4/h12,15H,5-11H2,1-4H3,(H,18,19). The van der Waals surface area contributed by atoms with Crippen molar-refractivity contribution in [2.45, 2.75) is 44.2 Å². The van der Waals surface area contributed by atoms with E-state index in [4.69, 9.17) is 5.11 Å². The van der Waals surface area contributed by atoms with Gasteiger partial charge >= 0.3 is 5.97 Å². The van der Waals surface area contributed by atoms with Gasteiger partial charge in [-0.1, -0.05) is 0 Å². The zero-order valence-electron chi connectivity index (χ0n) is 12.8. The Balaban J connectivity index is 2.20. The molecule has 0 aromatic carbocycles. The summed E-state index contributed by atoms with van der Waals surface area (Å²) in [7, 11) is 6.00. The molecule has 2 N–H and O–H groups in total. The lowest BCUT2D eigenvalue weighted by Crippen LogP contribution is -2.47. The summed E-state index contributed by atoms with van der Waals surface area (Å²) in [6, 6.07) is 0.682. The van der Waals surface area contributed by atoms with E-state index in [0.717, 1.165) is 25.9 Å². The average Bonchev–Trinajstić information content (AvgIpc) is 2.83. The van der Waals surface area contributed by atoms with Crippen LogP contribution in [-0.2, 0) is 4.79 Å². The van der Waals surface area contributed by atoms with Gasteiger partial charge in [0.1, 0.15) is 5.54 Å². The third-order valence-electron chi connectivity index (χ3n) is 4.40. The molecule has 112 valence electrons. The topological polar surface area (TPSA) is 55.8 Å². The Kier molecular flexibility index (Phi) is 6.23. The van der Waals surface area contributed by atoms with Gasteiger partial charge in [-0.2, -0.15) is 0 Å². The molecule has 0 aliphatic carbocycles. The summed E-state index contributed by atoms with van der Waals surface area (Å²) >= 11 is 0. The number of nitrogens with zero attached hydrogens (tertiary/aromatic N) is 2. The lowest BCUT2D eigenvalue weighted by Gasteiger charge is -2.24. The number of hydrogen-bond donors (Lipinski definition) is 2. The van der Waals surface area contributed by atoms with Crippen molar-refractivity contribution in [2.75, 3.05) is 40.8 Å². The van der Waals surface area contributed by atoms with Gasteiger partial charge in [-0.25, -0.2) is 0 Å². The molecule has 0 spiro atoms. The minimum absolute atomic E-state index is 0.682. The summed E-state index contributed by atoms with van der Waals surface area (Å²) in [5.74, 6) is -0.760. The first-order valence-electron chi connectivity index (χ1n) is 7.20. The Morgan fingerprint density at radius 2 is 2.16 bits per heavy atom. The highest BCUT2D eigenvalue weighted by Crippen LogP contribution is 2.17. The molecule has 0 saturated carbocycles. The van der Waals surface area contributed by atoms with E-state index in [-0.39, 0.29) is 0 Å². The minimum atomic E-state index is -0.781. The van der Waals surface area contributed by atoms with E-state index >= 15 is 0 Å². The monoisotopic (exact) mass is 271 g/mol. The van der Waals surface area contributed by atoms with Crippen LogP contribution in [0.1, 0.15) is 32.6 Å². The Hall–Kier alpha value is -0.650. The third-order valence-corrected chi connectivity index (χ3v) is 4.40. The fourth-order valence-electron chi connectivity index (χ4n) is 2.59. The van der Waals surface area contributed by atoms with Crippen molar-refractivity contribution in [3.05, 3.63) is 0 Å². The molecule has 0 bridgehead atoms. The molecule has 1 rings (SSSR count). The summed E-state index contributed by atoms with van der Waals surface area (Å²) in [5, 5.41) is 12.1. The van der Waals surface area contributed by atoms with Gasteiger partial charge in [-0.05, 0) is 66.8 Å². The summed E-state index contributed by atoms with van der Waals surface area (Å²) in [4.78, 5) is 15.9. The van der Waals surface area contributed by atoms with Crippen LogP contribution in [0, 0.1) is 0 Å². The van der Waals surface area contributed by atoms with E-state index in [0.29, 0.717) is 12.5 Å². The molecular formula is C14H29N3O2. The molecule has 0 radical (unpaired) electrons. The normalized spacial score (nSPS) is 23.7. The Labute approximate surface area is 117 Å². The third kappa shape index (κ3) is 4.75. The second-order valence-electron chi connectivity index (χ2n) is 6.05. The van der Waals surface area contributed by atoms with Gasteiger partial charge in [-0.15, -0.1) is 0 Å². The van der Waals surface area contributed by atoms with E-state index < -0.39 is 11.5 Å². The Bertz CT molecular complexity index is 296. The SMILES string of the molecule is CNC(C)(CCCCN1CCC(N(C)C)C1)C(=O)O. The first-order chi connectivity index (χ1) is 8.89. The molecular weight excluding hydrogens is 242 g/mol. The van der Waals surface area contributed by atoms with Crippen LogP contribution in [0.15, 0.2) is 0 Å². The van der Waals surface area contributed by atoms with Crippen molar-refractivity contribution in [1.29, 1.82) is 0 Å². The van der Waals surface area contributed by atoms with Crippen LogP contribution in [-0.4, -0.2) is 73.2 Å². The van der Waals surface area contributed by atoms with Crippen LogP contribution >= 0.6 is 0 Å².